The molecule has 0 aromatic heterocycles. The normalized spacial score (nSPS) is 39.6. The van der Waals surface area contributed by atoms with Gasteiger partial charge in [0.05, 0.1) is 0 Å². The molecule has 1 fully saturated rings. The van der Waals surface area contributed by atoms with Crippen LogP contribution in [0.3, 0.4) is 0 Å². The number of hydrogen-bond acceptors (Lipinski definition) is 0. The topological polar surface area (TPSA) is 0 Å². The van der Waals surface area contributed by atoms with Crippen LogP contribution in [0.25, 0.3) is 0 Å². The van der Waals surface area contributed by atoms with Crippen LogP contribution in [-0.4, -0.2) is 14.0 Å². The molecular formula is C6H12BF. The van der Waals surface area contributed by atoms with Gasteiger partial charge in [-0.05, 0) is 12.8 Å². The molecule has 0 aliphatic heterocycles. The molecular weight excluding hydrogens is 102 g/mol. The summed E-state index contributed by atoms with van der Waals surface area (Å²) in [6.07, 6.45) is 3.33. The second-order valence-corrected chi connectivity index (χ2v) is 2.86. The molecule has 0 aromatic rings. The average molecular weight is 114 g/mol. The Labute approximate surface area is 50.9 Å². The maximum Gasteiger partial charge on any atom is 0.105 e. The van der Waals surface area contributed by atoms with E-state index in [-0.39, 0.29) is 0 Å². The zero-order valence-corrected chi connectivity index (χ0v) is 5.36. The summed E-state index contributed by atoms with van der Waals surface area (Å²) >= 11 is 0. The highest BCUT2D eigenvalue weighted by Gasteiger charge is 2.16. The predicted octanol–water partition coefficient (Wildman–Crippen LogP) is 1.32. The van der Waals surface area contributed by atoms with Crippen molar-refractivity contribution >= 4 is 7.85 Å². The summed E-state index contributed by atoms with van der Waals surface area (Å²) in [5.74, 6) is 0.780. The minimum absolute atomic E-state index is 0.480. The van der Waals surface area contributed by atoms with Gasteiger partial charge >= 0.3 is 0 Å². The molecule has 0 amide bonds. The Kier molecular flexibility index (Phi) is 1.93. The van der Waals surface area contributed by atoms with E-state index in [1.165, 1.54) is 0 Å². The minimum atomic E-state index is -0.480. The van der Waals surface area contributed by atoms with Crippen molar-refractivity contribution in [2.75, 3.05) is 0 Å². The first-order valence-corrected chi connectivity index (χ1v) is 3.43. The molecule has 46 valence electrons. The summed E-state index contributed by atoms with van der Waals surface area (Å²) in [5, 5.41) is 0. The van der Waals surface area contributed by atoms with Crippen molar-refractivity contribution in [3.8, 4) is 0 Å². The fourth-order valence-electron chi connectivity index (χ4n) is 1.22. The van der Waals surface area contributed by atoms with Crippen LogP contribution in [0.2, 0.25) is 5.82 Å². The Hall–Kier alpha value is -0.00506. The SMILES string of the molecule is BC1CCC(F)CC1. The van der Waals surface area contributed by atoms with Gasteiger partial charge in [-0.15, -0.1) is 0 Å². The van der Waals surface area contributed by atoms with Crippen molar-refractivity contribution in [2.24, 2.45) is 0 Å². The van der Waals surface area contributed by atoms with Crippen LogP contribution < -0.4 is 0 Å². The fraction of sp³-hybridized carbons (Fsp3) is 1.00. The van der Waals surface area contributed by atoms with Crippen LogP contribution in [0.5, 0.6) is 0 Å². The molecule has 1 saturated carbocycles. The van der Waals surface area contributed by atoms with E-state index in [9.17, 15) is 4.39 Å². The fourth-order valence-corrected chi connectivity index (χ4v) is 1.22. The number of rotatable bonds is 0. The van der Waals surface area contributed by atoms with Crippen LogP contribution >= 0.6 is 0 Å². The molecule has 1 aliphatic carbocycles. The highest BCUT2D eigenvalue weighted by Crippen LogP contribution is 2.27. The van der Waals surface area contributed by atoms with Gasteiger partial charge in [-0.2, -0.15) is 0 Å². The van der Waals surface area contributed by atoms with Crippen molar-refractivity contribution in [3.05, 3.63) is 0 Å². The van der Waals surface area contributed by atoms with Crippen molar-refractivity contribution in [2.45, 2.75) is 37.7 Å². The van der Waals surface area contributed by atoms with Gasteiger partial charge in [0.25, 0.3) is 0 Å². The lowest BCUT2D eigenvalue weighted by Crippen LogP contribution is -2.10. The second-order valence-electron chi connectivity index (χ2n) is 2.86. The zero-order chi connectivity index (χ0) is 5.98. The number of alkyl halides is 1. The molecule has 0 bridgehead atoms. The highest BCUT2D eigenvalue weighted by molar-refractivity contribution is 6.11. The lowest BCUT2D eigenvalue weighted by Gasteiger charge is -2.19. The highest BCUT2D eigenvalue weighted by atomic mass is 19.1. The molecule has 0 spiro atoms. The maximum absolute atomic E-state index is 12.4. The van der Waals surface area contributed by atoms with E-state index >= 15 is 0 Å². The van der Waals surface area contributed by atoms with E-state index in [2.05, 4.69) is 7.85 Å². The van der Waals surface area contributed by atoms with Gasteiger partial charge in [-0.1, -0.05) is 18.7 Å². The second kappa shape index (κ2) is 2.52. The molecule has 0 nitrogen and oxygen atoms in total. The summed E-state index contributed by atoms with van der Waals surface area (Å²) in [6, 6.07) is 0. The van der Waals surface area contributed by atoms with Crippen molar-refractivity contribution < 1.29 is 4.39 Å². The average Bonchev–Trinajstić information content (AvgIpc) is 1.77. The van der Waals surface area contributed by atoms with Crippen molar-refractivity contribution in [3.63, 3.8) is 0 Å². The zero-order valence-electron chi connectivity index (χ0n) is 5.36. The van der Waals surface area contributed by atoms with E-state index in [0.29, 0.717) is 0 Å². The molecule has 0 saturated heterocycles. The third-order valence-electron chi connectivity index (χ3n) is 1.95. The van der Waals surface area contributed by atoms with Gasteiger partial charge in [-0.25, -0.2) is 4.39 Å². The van der Waals surface area contributed by atoms with Crippen LogP contribution in [-0.2, 0) is 0 Å². The van der Waals surface area contributed by atoms with Crippen LogP contribution in [0.15, 0.2) is 0 Å². The Morgan fingerprint density at radius 1 is 1.12 bits per heavy atom. The molecule has 0 atom stereocenters. The molecule has 0 radical (unpaired) electrons. The number of halogens is 1. The van der Waals surface area contributed by atoms with Gasteiger partial charge < -0.3 is 0 Å². The molecule has 1 rings (SSSR count). The quantitative estimate of drug-likeness (QED) is 0.416. The van der Waals surface area contributed by atoms with Gasteiger partial charge in [0.1, 0.15) is 14.0 Å². The summed E-state index contributed by atoms with van der Waals surface area (Å²) in [5.41, 5.74) is 0. The van der Waals surface area contributed by atoms with E-state index in [1.807, 2.05) is 0 Å². The summed E-state index contributed by atoms with van der Waals surface area (Å²) in [4.78, 5) is 0. The molecule has 0 aromatic carbocycles. The first-order valence-electron chi connectivity index (χ1n) is 3.43. The Morgan fingerprint density at radius 2 is 1.62 bits per heavy atom. The van der Waals surface area contributed by atoms with Gasteiger partial charge in [0, 0.05) is 0 Å². The standard InChI is InChI=1S/C6H12BF/c7-5-1-3-6(8)4-2-5/h5-6H,1-4,7H2. The number of hydrogen-bond donors (Lipinski definition) is 0. The Balaban J connectivity index is 2.19. The summed E-state index contributed by atoms with van der Waals surface area (Å²) in [7, 11) is 2.20. The predicted molar refractivity (Wildman–Crippen MR) is 35.7 cm³/mol. The first-order chi connectivity index (χ1) is 3.79. The molecule has 8 heavy (non-hydrogen) atoms. The minimum Gasteiger partial charge on any atom is -0.247 e. The van der Waals surface area contributed by atoms with Crippen LogP contribution in [0, 0.1) is 0 Å². The van der Waals surface area contributed by atoms with Crippen molar-refractivity contribution in [1.29, 1.82) is 0 Å². The summed E-state index contributed by atoms with van der Waals surface area (Å²) in [6.45, 7) is 0. The Morgan fingerprint density at radius 3 is 2.00 bits per heavy atom. The van der Waals surface area contributed by atoms with Crippen molar-refractivity contribution in [1.82, 2.24) is 0 Å². The van der Waals surface area contributed by atoms with E-state index < -0.39 is 6.17 Å². The third kappa shape index (κ3) is 1.50. The molecule has 2 heteroatoms. The Bertz CT molecular complexity index is 56.9. The molecule has 0 unspecified atom stereocenters. The van der Waals surface area contributed by atoms with E-state index in [0.717, 1.165) is 31.5 Å². The lowest BCUT2D eigenvalue weighted by molar-refractivity contribution is 0.251. The molecule has 0 heterocycles. The first kappa shape index (κ1) is 6.12. The van der Waals surface area contributed by atoms with Gasteiger partial charge in [-0.3, -0.25) is 0 Å². The molecule has 1 aliphatic rings. The maximum atomic E-state index is 12.4. The lowest BCUT2D eigenvalue weighted by atomic mass is 9.75. The summed E-state index contributed by atoms with van der Waals surface area (Å²) < 4.78 is 12.4. The monoisotopic (exact) mass is 114 g/mol. The van der Waals surface area contributed by atoms with Gasteiger partial charge in [0.2, 0.25) is 0 Å². The van der Waals surface area contributed by atoms with Crippen LogP contribution in [0.1, 0.15) is 25.7 Å². The van der Waals surface area contributed by atoms with E-state index in [4.69, 9.17) is 0 Å². The van der Waals surface area contributed by atoms with E-state index in [1.54, 1.807) is 0 Å². The largest absolute Gasteiger partial charge is 0.247 e. The third-order valence-corrected chi connectivity index (χ3v) is 1.95. The molecule has 0 N–H and O–H groups in total. The van der Waals surface area contributed by atoms with Crippen LogP contribution in [0.4, 0.5) is 4.39 Å². The van der Waals surface area contributed by atoms with Gasteiger partial charge in [0.15, 0.2) is 0 Å². The smallest absolute Gasteiger partial charge is 0.105 e.